The van der Waals surface area contributed by atoms with Crippen LogP contribution in [0.5, 0.6) is 0 Å². The summed E-state index contributed by atoms with van der Waals surface area (Å²) in [7, 11) is 0. The minimum absolute atomic E-state index is 0.0219. The Kier molecular flexibility index (Phi) is 5.77. The van der Waals surface area contributed by atoms with Crippen LogP contribution in [0.25, 0.3) is 0 Å². The summed E-state index contributed by atoms with van der Waals surface area (Å²) >= 11 is 0. The van der Waals surface area contributed by atoms with Crippen LogP contribution in [0.15, 0.2) is 0 Å². The number of aliphatic hydroxyl groups excluding tert-OH is 6. The van der Waals surface area contributed by atoms with Gasteiger partial charge in [0.15, 0.2) is 6.29 Å². The molecule has 0 aliphatic rings. The van der Waals surface area contributed by atoms with Crippen LogP contribution in [0.3, 0.4) is 0 Å². The fraction of sp³-hybridized carbons (Fsp3) is 0.857. The first-order chi connectivity index (χ1) is 6.45. The molecule has 0 bridgehead atoms. The predicted octanol–water partition coefficient (Wildman–Crippen LogP) is -4.02. The monoisotopic (exact) mass is 210 g/mol. The molecule has 0 spiro atoms. The van der Waals surface area contributed by atoms with E-state index < -0.39 is 37.1 Å². The van der Waals surface area contributed by atoms with Crippen molar-refractivity contribution in [3.8, 4) is 0 Å². The Labute approximate surface area is 79.9 Å². The lowest BCUT2D eigenvalue weighted by molar-refractivity contribution is -0.147. The van der Waals surface area contributed by atoms with Crippen molar-refractivity contribution < 1.29 is 35.4 Å². The first kappa shape index (κ1) is 13.4. The van der Waals surface area contributed by atoms with Crippen molar-refractivity contribution in [1.29, 1.82) is 0 Å². The van der Waals surface area contributed by atoms with Crippen molar-refractivity contribution in [2.75, 3.05) is 6.61 Å². The van der Waals surface area contributed by atoms with Crippen molar-refractivity contribution in [2.45, 2.75) is 30.5 Å². The lowest BCUT2D eigenvalue weighted by Gasteiger charge is -2.26. The zero-order valence-corrected chi connectivity index (χ0v) is 7.26. The number of carbonyl (C=O) groups excluding carboxylic acids is 1. The highest BCUT2D eigenvalue weighted by Crippen LogP contribution is 2.07. The van der Waals surface area contributed by atoms with Gasteiger partial charge in [0, 0.05) is 0 Å². The van der Waals surface area contributed by atoms with Crippen LogP contribution in [0.2, 0.25) is 0 Å². The molecule has 7 heteroatoms. The maximum absolute atomic E-state index is 10.00. The molecular formula is C7H14O7. The topological polar surface area (TPSA) is 138 Å². The van der Waals surface area contributed by atoms with Gasteiger partial charge in [-0.05, 0) is 0 Å². The predicted molar refractivity (Wildman–Crippen MR) is 43.2 cm³/mol. The summed E-state index contributed by atoms with van der Waals surface area (Å²) in [6.07, 6.45) is -9.21. The average molecular weight is 210 g/mol. The van der Waals surface area contributed by atoms with E-state index in [1.807, 2.05) is 0 Å². The fourth-order valence-corrected chi connectivity index (χ4v) is 0.820. The largest absolute Gasteiger partial charge is 0.394 e. The van der Waals surface area contributed by atoms with Gasteiger partial charge in [0.2, 0.25) is 0 Å². The molecule has 1 unspecified atom stereocenters. The number of hydrogen-bond acceptors (Lipinski definition) is 7. The molecule has 0 radical (unpaired) electrons. The zero-order valence-electron chi connectivity index (χ0n) is 7.26. The highest BCUT2D eigenvalue weighted by Gasteiger charge is 2.33. The smallest absolute Gasteiger partial charge is 0.151 e. The van der Waals surface area contributed by atoms with Gasteiger partial charge < -0.3 is 35.4 Å². The van der Waals surface area contributed by atoms with Gasteiger partial charge in [0.25, 0.3) is 0 Å². The molecule has 0 aliphatic heterocycles. The van der Waals surface area contributed by atoms with E-state index in [1.54, 1.807) is 0 Å². The molecule has 14 heavy (non-hydrogen) atoms. The SMILES string of the molecule is O=CC(O)[C@H](O)[C@@H](O)[C@H](O)[C@H](O)CO. The Morgan fingerprint density at radius 1 is 0.929 bits per heavy atom. The normalized spacial score (nSPS) is 22.1. The number of carbonyl (C=O) groups is 1. The molecule has 0 saturated heterocycles. The summed E-state index contributed by atoms with van der Waals surface area (Å²) in [5.74, 6) is 0. The van der Waals surface area contributed by atoms with Crippen LogP contribution >= 0.6 is 0 Å². The molecule has 0 heterocycles. The molecule has 0 rings (SSSR count). The maximum Gasteiger partial charge on any atom is 0.151 e. The molecule has 0 aromatic rings. The molecule has 7 nitrogen and oxygen atoms in total. The van der Waals surface area contributed by atoms with Crippen LogP contribution in [0.4, 0.5) is 0 Å². The molecule has 0 aromatic carbocycles. The van der Waals surface area contributed by atoms with Gasteiger partial charge in [-0.3, -0.25) is 0 Å². The van der Waals surface area contributed by atoms with Crippen LogP contribution < -0.4 is 0 Å². The Morgan fingerprint density at radius 3 is 1.79 bits per heavy atom. The highest BCUT2D eigenvalue weighted by atomic mass is 16.4. The summed E-state index contributed by atoms with van der Waals surface area (Å²) in [5.41, 5.74) is 0. The Hall–Kier alpha value is -0.570. The standard InChI is InChI=1S/C7H14O7/c8-1-3(10)5(12)7(14)6(13)4(11)2-9/h1,3-7,9-14H,2H2/t3?,4-,5+,6-,7-/m1/s1. The summed E-state index contributed by atoms with van der Waals surface area (Å²) in [4.78, 5) is 10.00. The Balaban J connectivity index is 4.29. The van der Waals surface area contributed by atoms with Gasteiger partial charge >= 0.3 is 0 Å². The minimum atomic E-state index is -1.92. The number of rotatable bonds is 6. The average Bonchev–Trinajstić information content (AvgIpc) is 2.23. The third kappa shape index (κ3) is 3.29. The van der Waals surface area contributed by atoms with Gasteiger partial charge in [-0.2, -0.15) is 0 Å². The van der Waals surface area contributed by atoms with Crippen molar-refractivity contribution in [2.24, 2.45) is 0 Å². The third-order valence-corrected chi connectivity index (χ3v) is 1.77. The fourth-order valence-electron chi connectivity index (χ4n) is 0.820. The number of hydrogen-bond donors (Lipinski definition) is 6. The Bertz CT molecular complexity index is 173. The Morgan fingerprint density at radius 2 is 1.43 bits per heavy atom. The van der Waals surface area contributed by atoms with Crippen molar-refractivity contribution in [1.82, 2.24) is 0 Å². The summed E-state index contributed by atoms with van der Waals surface area (Å²) in [6, 6.07) is 0. The van der Waals surface area contributed by atoms with E-state index in [2.05, 4.69) is 0 Å². The van der Waals surface area contributed by atoms with Crippen molar-refractivity contribution in [3.05, 3.63) is 0 Å². The highest BCUT2D eigenvalue weighted by molar-refractivity contribution is 5.56. The summed E-state index contributed by atoms with van der Waals surface area (Å²) < 4.78 is 0. The molecule has 0 aromatic heterocycles. The van der Waals surface area contributed by atoms with Gasteiger partial charge in [0.1, 0.15) is 30.5 Å². The molecule has 6 N–H and O–H groups in total. The maximum atomic E-state index is 10.00. The second kappa shape index (κ2) is 6.02. The molecule has 0 amide bonds. The molecular weight excluding hydrogens is 196 g/mol. The first-order valence-corrected chi connectivity index (χ1v) is 3.92. The second-order valence-corrected chi connectivity index (χ2v) is 2.85. The van der Waals surface area contributed by atoms with Crippen molar-refractivity contribution >= 4 is 6.29 Å². The lowest BCUT2D eigenvalue weighted by atomic mass is 10.0. The molecule has 5 atom stereocenters. The quantitative estimate of drug-likeness (QED) is 0.245. The molecule has 0 aliphatic carbocycles. The molecule has 0 fully saturated rings. The number of aldehydes is 1. The van der Waals surface area contributed by atoms with E-state index >= 15 is 0 Å². The van der Waals surface area contributed by atoms with Crippen LogP contribution in [0.1, 0.15) is 0 Å². The van der Waals surface area contributed by atoms with E-state index in [9.17, 15) is 4.79 Å². The minimum Gasteiger partial charge on any atom is -0.394 e. The van der Waals surface area contributed by atoms with E-state index in [-0.39, 0.29) is 6.29 Å². The van der Waals surface area contributed by atoms with Gasteiger partial charge in [-0.25, -0.2) is 0 Å². The van der Waals surface area contributed by atoms with Gasteiger partial charge in [-0.15, -0.1) is 0 Å². The summed E-state index contributed by atoms with van der Waals surface area (Å²) in [5, 5.41) is 53.2. The lowest BCUT2D eigenvalue weighted by Crippen LogP contribution is -2.50. The van der Waals surface area contributed by atoms with Gasteiger partial charge in [-0.1, -0.05) is 0 Å². The van der Waals surface area contributed by atoms with Crippen LogP contribution in [-0.2, 0) is 4.79 Å². The third-order valence-electron chi connectivity index (χ3n) is 1.77. The second-order valence-electron chi connectivity index (χ2n) is 2.85. The molecule has 84 valence electrons. The van der Waals surface area contributed by atoms with E-state index in [1.165, 1.54) is 0 Å². The van der Waals surface area contributed by atoms with Crippen molar-refractivity contribution in [3.63, 3.8) is 0 Å². The number of aliphatic hydroxyl groups is 6. The first-order valence-electron chi connectivity index (χ1n) is 3.92. The molecule has 0 saturated carbocycles. The van der Waals surface area contributed by atoms with Gasteiger partial charge in [0.05, 0.1) is 6.61 Å². The van der Waals surface area contributed by atoms with Crippen LogP contribution in [-0.4, -0.2) is 74.1 Å². The van der Waals surface area contributed by atoms with E-state index in [0.717, 1.165) is 0 Å². The zero-order chi connectivity index (χ0) is 11.3. The van der Waals surface area contributed by atoms with Crippen LogP contribution in [0, 0.1) is 0 Å². The van der Waals surface area contributed by atoms with E-state index in [4.69, 9.17) is 30.6 Å². The van der Waals surface area contributed by atoms with E-state index in [0.29, 0.717) is 0 Å². The summed E-state index contributed by atoms with van der Waals surface area (Å²) in [6.45, 7) is -0.817.